The molecule has 1 atom stereocenters. The normalized spacial score (nSPS) is 12.1. The van der Waals surface area contributed by atoms with Gasteiger partial charge in [0.25, 0.3) is 0 Å². The minimum atomic E-state index is 0.377. The monoisotopic (exact) mass is 269 g/mol. The Kier molecular flexibility index (Phi) is 5.63. The Morgan fingerprint density at radius 2 is 1.70 bits per heavy atom. The van der Waals surface area contributed by atoms with Gasteiger partial charge in [0.05, 0.1) is 6.61 Å². The van der Waals surface area contributed by atoms with Gasteiger partial charge in [-0.25, -0.2) is 0 Å². The minimum Gasteiger partial charge on any atom is -0.494 e. The van der Waals surface area contributed by atoms with Crippen molar-refractivity contribution >= 4 is 0 Å². The third kappa shape index (κ3) is 4.39. The maximum atomic E-state index is 5.78. The molecule has 0 aliphatic carbocycles. The molecule has 0 aliphatic heterocycles. The predicted molar refractivity (Wildman–Crippen MR) is 84.2 cm³/mol. The minimum absolute atomic E-state index is 0.377. The molecule has 2 nitrogen and oxygen atoms in total. The van der Waals surface area contributed by atoms with Gasteiger partial charge in [-0.15, -0.1) is 0 Å². The molecule has 0 radical (unpaired) electrons. The third-order valence-corrected chi connectivity index (χ3v) is 3.53. The molecule has 0 aromatic heterocycles. The molecule has 20 heavy (non-hydrogen) atoms. The van der Waals surface area contributed by atoms with Crippen molar-refractivity contribution in [1.82, 2.24) is 5.32 Å². The summed E-state index contributed by atoms with van der Waals surface area (Å²) in [4.78, 5) is 0. The molecule has 2 heteroatoms. The van der Waals surface area contributed by atoms with Crippen LogP contribution in [-0.4, -0.2) is 13.7 Å². The summed E-state index contributed by atoms with van der Waals surface area (Å²) >= 11 is 0. The molecule has 0 amide bonds. The number of benzene rings is 2. The van der Waals surface area contributed by atoms with Crippen molar-refractivity contribution in [3.63, 3.8) is 0 Å². The van der Waals surface area contributed by atoms with Gasteiger partial charge in [0, 0.05) is 6.04 Å². The molecule has 0 aliphatic rings. The second-order valence-electron chi connectivity index (χ2n) is 5.02. The largest absolute Gasteiger partial charge is 0.494 e. The molecule has 0 heterocycles. The van der Waals surface area contributed by atoms with Crippen LogP contribution in [0.5, 0.6) is 5.75 Å². The lowest BCUT2D eigenvalue weighted by molar-refractivity contribution is 0.311. The van der Waals surface area contributed by atoms with Crippen molar-refractivity contribution in [3.05, 3.63) is 65.7 Å². The third-order valence-electron chi connectivity index (χ3n) is 3.53. The van der Waals surface area contributed by atoms with E-state index in [1.165, 1.54) is 11.1 Å². The van der Waals surface area contributed by atoms with E-state index >= 15 is 0 Å². The standard InChI is InChI=1S/C18H23NO/c1-15(19-2)17-10-12-18(13-11-17)20-14-6-9-16-7-4-3-5-8-16/h3-5,7-8,10-13,15,19H,6,9,14H2,1-2H3. The van der Waals surface area contributed by atoms with Gasteiger partial charge in [-0.3, -0.25) is 0 Å². The molecule has 0 saturated heterocycles. The lowest BCUT2D eigenvalue weighted by Gasteiger charge is -2.11. The van der Waals surface area contributed by atoms with Crippen LogP contribution in [0.3, 0.4) is 0 Å². The van der Waals surface area contributed by atoms with Crippen LogP contribution in [0.4, 0.5) is 0 Å². The van der Waals surface area contributed by atoms with Gasteiger partial charge in [-0.05, 0) is 50.1 Å². The summed E-state index contributed by atoms with van der Waals surface area (Å²) < 4.78 is 5.78. The molecule has 0 fully saturated rings. The van der Waals surface area contributed by atoms with Crippen LogP contribution in [0.1, 0.15) is 30.5 Å². The summed E-state index contributed by atoms with van der Waals surface area (Å²) in [6, 6.07) is 19.2. The van der Waals surface area contributed by atoms with Crippen LogP contribution < -0.4 is 10.1 Å². The quantitative estimate of drug-likeness (QED) is 0.768. The zero-order chi connectivity index (χ0) is 14.2. The van der Waals surface area contributed by atoms with Crippen LogP contribution in [0, 0.1) is 0 Å². The van der Waals surface area contributed by atoms with E-state index in [-0.39, 0.29) is 0 Å². The average Bonchev–Trinajstić information content (AvgIpc) is 2.52. The lowest BCUT2D eigenvalue weighted by atomic mass is 10.1. The smallest absolute Gasteiger partial charge is 0.119 e. The van der Waals surface area contributed by atoms with E-state index in [9.17, 15) is 0 Å². The van der Waals surface area contributed by atoms with Crippen LogP contribution >= 0.6 is 0 Å². The van der Waals surface area contributed by atoms with Gasteiger partial charge in [-0.2, -0.15) is 0 Å². The van der Waals surface area contributed by atoms with Crippen molar-refractivity contribution in [3.8, 4) is 5.75 Å². The SMILES string of the molecule is CNC(C)c1ccc(OCCCc2ccccc2)cc1. The van der Waals surface area contributed by atoms with Gasteiger partial charge in [0.1, 0.15) is 5.75 Å². The Morgan fingerprint density at radius 3 is 2.35 bits per heavy atom. The van der Waals surface area contributed by atoms with Gasteiger partial charge in [0.15, 0.2) is 0 Å². The highest BCUT2D eigenvalue weighted by atomic mass is 16.5. The zero-order valence-electron chi connectivity index (χ0n) is 12.3. The molecule has 0 bridgehead atoms. The van der Waals surface area contributed by atoms with Crippen LogP contribution in [0.2, 0.25) is 0 Å². The van der Waals surface area contributed by atoms with Crippen LogP contribution in [0.15, 0.2) is 54.6 Å². The van der Waals surface area contributed by atoms with E-state index in [2.05, 4.69) is 48.6 Å². The summed E-state index contributed by atoms with van der Waals surface area (Å²) in [5, 5.41) is 3.23. The molecule has 1 N–H and O–H groups in total. The van der Waals surface area contributed by atoms with Gasteiger partial charge < -0.3 is 10.1 Å². The summed E-state index contributed by atoms with van der Waals surface area (Å²) in [5.74, 6) is 0.949. The first kappa shape index (κ1) is 14.6. The van der Waals surface area contributed by atoms with E-state index < -0.39 is 0 Å². The van der Waals surface area contributed by atoms with E-state index in [0.717, 1.165) is 25.2 Å². The number of hydrogen-bond donors (Lipinski definition) is 1. The van der Waals surface area contributed by atoms with Gasteiger partial charge in [0.2, 0.25) is 0 Å². The number of rotatable bonds is 7. The molecule has 106 valence electrons. The zero-order valence-corrected chi connectivity index (χ0v) is 12.3. The Bertz CT molecular complexity index is 493. The highest BCUT2D eigenvalue weighted by Crippen LogP contribution is 2.17. The van der Waals surface area contributed by atoms with E-state index in [1.807, 2.05) is 25.2 Å². The Morgan fingerprint density at radius 1 is 1.00 bits per heavy atom. The van der Waals surface area contributed by atoms with Gasteiger partial charge >= 0.3 is 0 Å². The molecule has 1 unspecified atom stereocenters. The van der Waals surface area contributed by atoms with Crippen molar-refractivity contribution < 1.29 is 4.74 Å². The number of ether oxygens (including phenoxy) is 1. The summed E-state index contributed by atoms with van der Waals surface area (Å²) in [6.07, 6.45) is 2.11. The van der Waals surface area contributed by atoms with E-state index in [1.54, 1.807) is 0 Å². The molecular formula is C18H23NO. The van der Waals surface area contributed by atoms with E-state index in [0.29, 0.717) is 6.04 Å². The molecule has 2 rings (SSSR count). The fourth-order valence-electron chi connectivity index (χ4n) is 2.13. The van der Waals surface area contributed by atoms with Crippen LogP contribution in [-0.2, 0) is 6.42 Å². The second kappa shape index (κ2) is 7.71. The number of hydrogen-bond acceptors (Lipinski definition) is 2. The molecule has 0 spiro atoms. The van der Waals surface area contributed by atoms with Crippen molar-refractivity contribution in [2.75, 3.05) is 13.7 Å². The van der Waals surface area contributed by atoms with Gasteiger partial charge in [-0.1, -0.05) is 42.5 Å². The average molecular weight is 269 g/mol. The van der Waals surface area contributed by atoms with Crippen LogP contribution in [0.25, 0.3) is 0 Å². The number of nitrogens with one attached hydrogen (secondary N) is 1. The summed E-state index contributed by atoms with van der Waals surface area (Å²) in [5.41, 5.74) is 2.65. The second-order valence-corrected chi connectivity index (χ2v) is 5.02. The topological polar surface area (TPSA) is 21.3 Å². The molecule has 2 aromatic carbocycles. The molecule has 2 aromatic rings. The maximum absolute atomic E-state index is 5.78. The Labute approximate surface area is 121 Å². The Balaban J connectivity index is 1.74. The van der Waals surface area contributed by atoms with Crippen molar-refractivity contribution in [2.24, 2.45) is 0 Å². The summed E-state index contributed by atoms with van der Waals surface area (Å²) in [6.45, 7) is 2.91. The highest BCUT2D eigenvalue weighted by Gasteiger charge is 2.02. The predicted octanol–water partition coefficient (Wildman–Crippen LogP) is 3.98. The lowest BCUT2D eigenvalue weighted by Crippen LogP contribution is -2.11. The highest BCUT2D eigenvalue weighted by molar-refractivity contribution is 5.28. The number of aryl methyl sites for hydroxylation is 1. The van der Waals surface area contributed by atoms with E-state index in [4.69, 9.17) is 4.74 Å². The first-order valence-corrected chi connectivity index (χ1v) is 7.23. The van der Waals surface area contributed by atoms with Crippen molar-refractivity contribution in [1.29, 1.82) is 0 Å². The fourth-order valence-corrected chi connectivity index (χ4v) is 2.13. The first-order valence-electron chi connectivity index (χ1n) is 7.23. The summed E-state index contributed by atoms with van der Waals surface area (Å²) in [7, 11) is 1.97. The first-order chi connectivity index (χ1) is 9.79. The molecule has 0 saturated carbocycles. The van der Waals surface area contributed by atoms with Crippen molar-refractivity contribution in [2.45, 2.75) is 25.8 Å². The molecular weight excluding hydrogens is 246 g/mol. The maximum Gasteiger partial charge on any atom is 0.119 e. The fraction of sp³-hybridized carbons (Fsp3) is 0.333. The Hall–Kier alpha value is -1.80.